The first-order chi connectivity index (χ1) is 9.51. The van der Waals surface area contributed by atoms with Crippen molar-refractivity contribution in [2.45, 2.75) is 0 Å². The predicted octanol–water partition coefficient (Wildman–Crippen LogP) is 3.01. The van der Waals surface area contributed by atoms with Gasteiger partial charge >= 0.3 is 0 Å². The molecule has 0 heterocycles. The number of hydrogen-bond acceptors (Lipinski definition) is 4. The van der Waals surface area contributed by atoms with E-state index in [2.05, 4.69) is 5.32 Å². The number of phenolic OH excluding ortho intramolecular Hbond substituents is 2. The molecular formula is C14H12ClNO4. The van der Waals surface area contributed by atoms with Gasteiger partial charge in [-0.05, 0) is 24.3 Å². The van der Waals surface area contributed by atoms with Gasteiger partial charge in [-0.3, -0.25) is 4.79 Å². The monoisotopic (exact) mass is 293 g/mol. The average molecular weight is 294 g/mol. The molecular weight excluding hydrogens is 282 g/mol. The SMILES string of the molecule is COc1ccc(C(=O)Nc2ccc(O)cc2Cl)c(O)c1. The first-order valence-electron chi connectivity index (χ1n) is 5.68. The van der Waals surface area contributed by atoms with Gasteiger partial charge in [0.05, 0.1) is 23.4 Å². The molecule has 0 saturated carbocycles. The fraction of sp³-hybridized carbons (Fsp3) is 0.0714. The van der Waals surface area contributed by atoms with E-state index in [1.165, 1.54) is 37.4 Å². The van der Waals surface area contributed by atoms with E-state index in [1.54, 1.807) is 6.07 Å². The van der Waals surface area contributed by atoms with Crippen LogP contribution in [-0.2, 0) is 0 Å². The molecule has 2 rings (SSSR count). The lowest BCUT2D eigenvalue weighted by Crippen LogP contribution is -2.12. The van der Waals surface area contributed by atoms with Crippen LogP contribution in [0.25, 0.3) is 0 Å². The Kier molecular flexibility index (Phi) is 4.00. The normalized spacial score (nSPS) is 10.1. The largest absolute Gasteiger partial charge is 0.508 e. The van der Waals surface area contributed by atoms with Gasteiger partial charge in [0.2, 0.25) is 0 Å². The van der Waals surface area contributed by atoms with Gasteiger partial charge in [0.25, 0.3) is 5.91 Å². The molecule has 2 aromatic rings. The van der Waals surface area contributed by atoms with Crippen molar-refractivity contribution in [1.29, 1.82) is 0 Å². The molecule has 2 aromatic carbocycles. The number of carbonyl (C=O) groups excluding carboxylic acids is 1. The highest BCUT2D eigenvalue weighted by Crippen LogP contribution is 2.28. The molecule has 0 spiro atoms. The van der Waals surface area contributed by atoms with Gasteiger partial charge < -0.3 is 20.3 Å². The van der Waals surface area contributed by atoms with Crippen LogP contribution in [0, 0.1) is 0 Å². The van der Waals surface area contributed by atoms with Crippen LogP contribution in [0.1, 0.15) is 10.4 Å². The smallest absolute Gasteiger partial charge is 0.259 e. The molecule has 0 aliphatic rings. The number of ether oxygens (including phenoxy) is 1. The van der Waals surface area contributed by atoms with Crippen molar-refractivity contribution in [2.75, 3.05) is 12.4 Å². The molecule has 0 atom stereocenters. The van der Waals surface area contributed by atoms with Gasteiger partial charge in [0.1, 0.15) is 17.2 Å². The van der Waals surface area contributed by atoms with Crippen molar-refractivity contribution >= 4 is 23.2 Å². The maximum Gasteiger partial charge on any atom is 0.259 e. The summed E-state index contributed by atoms with van der Waals surface area (Å²) in [4.78, 5) is 12.0. The van der Waals surface area contributed by atoms with Gasteiger partial charge in [-0.25, -0.2) is 0 Å². The first-order valence-corrected chi connectivity index (χ1v) is 6.06. The fourth-order valence-electron chi connectivity index (χ4n) is 1.63. The Morgan fingerprint density at radius 3 is 2.55 bits per heavy atom. The number of nitrogens with one attached hydrogen (secondary N) is 1. The zero-order valence-electron chi connectivity index (χ0n) is 10.6. The van der Waals surface area contributed by atoms with Crippen LogP contribution < -0.4 is 10.1 Å². The molecule has 0 aliphatic heterocycles. The number of benzene rings is 2. The summed E-state index contributed by atoms with van der Waals surface area (Å²) in [6, 6.07) is 8.52. The summed E-state index contributed by atoms with van der Waals surface area (Å²) >= 11 is 5.89. The minimum absolute atomic E-state index is 0.000272. The summed E-state index contributed by atoms with van der Waals surface area (Å²) < 4.78 is 4.94. The molecule has 6 heteroatoms. The Balaban J connectivity index is 2.24. The summed E-state index contributed by atoms with van der Waals surface area (Å²) in [5, 5.41) is 21.8. The number of aromatic hydroxyl groups is 2. The molecule has 20 heavy (non-hydrogen) atoms. The number of phenols is 2. The third-order valence-electron chi connectivity index (χ3n) is 2.65. The van der Waals surface area contributed by atoms with E-state index in [0.29, 0.717) is 11.4 Å². The zero-order valence-corrected chi connectivity index (χ0v) is 11.3. The molecule has 0 unspecified atom stereocenters. The lowest BCUT2D eigenvalue weighted by molar-refractivity contribution is 0.102. The Hall–Kier alpha value is -2.40. The van der Waals surface area contributed by atoms with Crippen LogP contribution in [0.3, 0.4) is 0 Å². The molecule has 0 radical (unpaired) electrons. The number of rotatable bonds is 3. The Bertz CT molecular complexity index is 658. The van der Waals surface area contributed by atoms with Gasteiger partial charge in [-0.2, -0.15) is 0 Å². The first kappa shape index (κ1) is 14.0. The molecule has 0 aliphatic carbocycles. The number of halogens is 1. The van der Waals surface area contributed by atoms with Crippen LogP contribution in [0.5, 0.6) is 17.2 Å². The fourth-order valence-corrected chi connectivity index (χ4v) is 1.85. The second kappa shape index (κ2) is 5.71. The number of amides is 1. The second-order valence-electron chi connectivity index (χ2n) is 4.00. The molecule has 0 aromatic heterocycles. The van der Waals surface area contributed by atoms with E-state index < -0.39 is 5.91 Å². The molecule has 3 N–H and O–H groups in total. The molecule has 0 bridgehead atoms. The molecule has 1 amide bonds. The summed E-state index contributed by atoms with van der Waals surface area (Å²) in [5.74, 6) is -0.267. The number of anilines is 1. The summed E-state index contributed by atoms with van der Waals surface area (Å²) in [6.07, 6.45) is 0. The third kappa shape index (κ3) is 2.95. The summed E-state index contributed by atoms with van der Waals surface area (Å²) in [7, 11) is 1.46. The Morgan fingerprint density at radius 2 is 1.95 bits per heavy atom. The van der Waals surface area contributed by atoms with E-state index >= 15 is 0 Å². The van der Waals surface area contributed by atoms with Crippen molar-refractivity contribution < 1.29 is 19.7 Å². The topological polar surface area (TPSA) is 78.8 Å². The van der Waals surface area contributed by atoms with Crippen molar-refractivity contribution in [3.8, 4) is 17.2 Å². The number of carbonyl (C=O) groups is 1. The average Bonchev–Trinajstić information content (AvgIpc) is 2.41. The third-order valence-corrected chi connectivity index (χ3v) is 2.96. The number of methoxy groups -OCH3 is 1. The maximum atomic E-state index is 12.0. The van der Waals surface area contributed by atoms with Crippen LogP contribution in [0.15, 0.2) is 36.4 Å². The zero-order chi connectivity index (χ0) is 14.7. The number of hydrogen-bond donors (Lipinski definition) is 3. The highest BCUT2D eigenvalue weighted by Gasteiger charge is 2.13. The van der Waals surface area contributed by atoms with E-state index in [0.717, 1.165) is 0 Å². The Morgan fingerprint density at radius 1 is 1.20 bits per heavy atom. The second-order valence-corrected chi connectivity index (χ2v) is 4.41. The predicted molar refractivity (Wildman–Crippen MR) is 75.7 cm³/mol. The van der Waals surface area contributed by atoms with Crippen molar-refractivity contribution in [3.63, 3.8) is 0 Å². The van der Waals surface area contributed by atoms with Gasteiger partial charge in [0, 0.05) is 12.1 Å². The van der Waals surface area contributed by atoms with E-state index in [1.807, 2.05) is 0 Å². The van der Waals surface area contributed by atoms with E-state index in [-0.39, 0.29) is 22.1 Å². The highest BCUT2D eigenvalue weighted by molar-refractivity contribution is 6.34. The minimum atomic E-state index is -0.516. The minimum Gasteiger partial charge on any atom is -0.508 e. The highest BCUT2D eigenvalue weighted by atomic mass is 35.5. The van der Waals surface area contributed by atoms with Crippen LogP contribution in [-0.4, -0.2) is 23.2 Å². The van der Waals surface area contributed by atoms with Gasteiger partial charge in [0.15, 0.2) is 0 Å². The van der Waals surface area contributed by atoms with E-state index in [4.69, 9.17) is 16.3 Å². The van der Waals surface area contributed by atoms with Crippen molar-refractivity contribution in [2.24, 2.45) is 0 Å². The van der Waals surface area contributed by atoms with Crippen LogP contribution in [0.4, 0.5) is 5.69 Å². The van der Waals surface area contributed by atoms with Gasteiger partial charge in [-0.1, -0.05) is 11.6 Å². The molecule has 5 nitrogen and oxygen atoms in total. The molecule has 0 fully saturated rings. The molecule has 104 valence electrons. The van der Waals surface area contributed by atoms with Gasteiger partial charge in [-0.15, -0.1) is 0 Å². The quantitative estimate of drug-likeness (QED) is 0.760. The molecule has 0 saturated heterocycles. The lowest BCUT2D eigenvalue weighted by Gasteiger charge is -2.09. The standard InChI is InChI=1S/C14H12ClNO4/c1-20-9-3-4-10(13(18)7-9)14(19)16-12-5-2-8(17)6-11(12)15/h2-7,17-18H,1H3,(H,16,19). The maximum absolute atomic E-state index is 12.0. The van der Waals surface area contributed by atoms with Crippen LogP contribution in [0.2, 0.25) is 5.02 Å². The van der Waals surface area contributed by atoms with E-state index in [9.17, 15) is 15.0 Å². The summed E-state index contributed by atoms with van der Waals surface area (Å²) in [6.45, 7) is 0. The van der Waals surface area contributed by atoms with Crippen molar-refractivity contribution in [3.05, 3.63) is 47.0 Å². The lowest BCUT2D eigenvalue weighted by atomic mass is 10.1. The van der Waals surface area contributed by atoms with Crippen LogP contribution >= 0.6 is 11.6 Å². The van der Waals surface area contributed by atoms with Crippen molar-refractivity contribution in [1.82, 2.24) is 0 Å². The Labute approximate surface area is 120 Å². The summed E-state index contributed by atoms with van der Waals surface area (Å²) in [5.41, 5.74) is 0.430.